The maximum atomic E-state index is 13.2. The highest BCUT2D eigenvalue weighted by molar-refractivity contribution is 6.30. The van der Waals surface area contributed by atoms with Gasteiger partial charge < -0.3 is 10.4 Å². The van der Waals surface area contributed by atoms with Crippen LogP contribution in [0.3, 0.4) is 0 Å². The Morgan fingerprint density at radius 2 is 1.35 bits per heavy atom. The average Bonchev–Trinajstić information content (AvgIpc) is 2.68. The van der Waals surface area contributed by atoms with E-state index in [0.717, 1.165) is 0 Å². The molecule has 0 saturated carbocycles. The van der Waals surface area contributed by atoms with Crippen molar-refractivity contribution in [1.82, 2.24) is 0 Å². The molecule has 0 radical (unpaired) electrons. The fraction of sp³-hybridized carbons (Fsp3) is 0.0476. The van der Waals surface area contributed by atoms with Gasteiger partial charge in [0.25, 0.3) is 11.6 Å². The van der Waals surface area contributed by atoms with Gasteiger partial charge in [0.05, 0.1) is 5.69 Å². The Kier molecular flexibility index (Phi) is 3.78. The molecular weight excluding hydrogens is 328 g/mol. The normalized spacial score (nSPS) is 19.2. The number of carbonyl (C=O) groups is 2. The molecule has 1 unspecified atom stereocenters. The molecule has 26 heavy (non-hydrogen) atoms. The molecule has 0 spiro atoms. The fourth-order valence-electron chi connectivity index (χ4n) is 3.10. The summed E-state index contributed by atoms with van der Waals surface area (Å²) in [6.45, 7) is 0. The topological polar surface area (TPSA) is 69.6 Å². The molecule has 1 amide bonds. The first-order valence-corrected chi connectivity index (χ1v) is 8.20. The zero-order valence-electron chi connectivity index (χ0n) is 13.8. The van der Waals surface area contributed by atoms with Gasteiger partial charge in [0.1, 0.15) is 0 Å². The number of benzene rings is 3. The minimum Gasteiger partial charge on any atom is -0.357 e. The van der Waals surface area contributed by atoms with Crippen molar-refractivity contribution in [2.24, 2.45) is 0 Å². The SMILES string of the molecule is O=C1c2ccccc2N(c2ccccc2)C(=O)C1(O)Nc1ccccc1. The van der Waals surface area contributed by atoms with E-state index >= 15 is 0 Å². The van der Waals surface area contributed by atoms with Crippen molar-refractivity contribution in [2.75, 3.05) is 10.2 Å². The number of rotatable bonds is 3. The van der Waals surface area contributed by atoms with Gasteiger partial charge in [0.15, 0.2) is 0 Å². The number of nitrogens with one attached hydrogen (secondary N) is 1. The van der Waals surface area contributed by atoms with Gasteiger partial charge in [-0.2, -0.15) is 0 Å². The minimum atomic E-state index is -2.38. The predicted octanol–water partition coefficient (Wildman–Crippen LogP) is 3.35. The number of Topliss-reactive ketones (excluding diaryl/α,β-unsaturated/α-hetero) is 1. The van der Waals surface area contributed by atoms with Gasteiger partial charge in [0, 0.05) is 16.9 Å². The van der Waals surface area contributed by atoms with Crippen LogP contribution in [0.1, 0.15) is 10.4 Å². The lowest BCUT2D eigenvalue weighted by atomic mass is 9.91. The quantitative estimate of drug-likeness (QED) is 0.565. The molecule has 4 rings (SSSR count). The number of carbonyl (C=O) groups excluding carboxylic acids is 2. The van der Waals surface area contributed by atoms with Crippen LogP contribution in [-0.2, 0) is 4.79 Å². The second-order valence-corrected chi connectivity index (χ2v) is 6.02. The van der Waals surface area contributed by atoms with E-state index in [-0.39, 0.29) is 5.56 Å². The fourth-order valence-corrected chi connectivity index (χ4v) is 3.10. The summed E-state index contributed by atoms with van der Waals surface area (Å²) in [5.74, 6) is -1.41. The molecule has 1 aliphatic rings. The van der Waals surface area contributed by atoms with Crippen LogP contribution in [0.2, 0.25) is 0 Å². The summed E-state index contributed by atoms with van der Waals surface area (Å²) in [4.78, 5) is 27.6. The summed E-state index contributed by atoms with van der Waals surface area (Å²) < 4.78 is 0. The number of hydrogen-bond donors (Lipinski definition) is 2. The van der Waals surface area contributed by atoms with E-state index in [2.05, 4.69) is 5.32 Å². The number of ketones is 1. The molecule has 3 aromatic rings. The van der Waals surface area contributed by atoms with E-state index in [1.807, 2.05) is 12.1 Å². The Bertz CT molecular complexity index is 973. The van der Waals surface area contributed by atoms with Gasteiger partial charge in [-0.15, -0.1) is 0 Å². The third-order valence-corrected chi connectivity index (χ3v) is 4.34. The summed E-state index contributed by atoms with van der Waals surface area (Å²) in [6, 6.07) is 24.4. The maximum absolute atomic E-state index is 13.2. The molecule has 0 bridgehead atoms. The second kappa shape index (κ2) is 6.13. The highest BCUT2D eigenvalue weighted by atomic mass is 16.3. The van der Waals surface area contributed by atoms with Crippen molar-refractivity contribution in [1.29, 1.82) is 0 Å². The number of aliphatic hydroxyl groups is 1. The molecule has 3 aromatic carbocycles. The van der Waals surface area contributed by atoms with Crippen molar-refractivity contribution in [3.05, 3.63) is 90.5 Å². The summed E-state index contributed by atoms with van der Waals surface area (Å²) in [7, 11) is 0. The molecule has 1 heterocycles. The Morgan fingerprint density at radius 3 is 2.04 bits per heavy atom. The smallest absolute Gasteiger partial charge is 0.293 e. The van der Waals surface area contributed by atoms with Crippen LogP contribution in [0, 0.1) is 0 Å². The predicted molar refractivity (Wildman–Crippen MR) is 99.4 cm³/mol. The van der Waals surface area contributed by atoms with Crippen LogP contribution in [-0.4, -0.2) is 22.5 Å². The highest BCUT2D eigenvalue weighted by Gasteiger charge is 2.52. The zero-order chi connectivity index (χ0) is 18.1. The first-order valence-electron chi connectivity index (χ1n) is 8.20. The first-order chi connectivity index (χ1) is 12.6. The van der Waals surface area contributed by atoms with E-state index in [9.17, 15) is 14.7 Å². The van der Waals surface area contributed by atoms with Gasteiger partial charge in [-0.25, -0.2) is 0 Å². The molecule has 0 aliphatic carbocycles. The first kappa shape index (κ1) is 16.1. The largest absolute Gasteiger partial charge is 0.357 e. The third-order valence-electron chi connectivity index (χ3n) is 4.34. The van der Waals surface area contributed by atoms with E-state index < -0.39 is 17.4 Å². The van der Waals surface area contributed by atoms with Crippen LogP contribution in [0.4, 0.5) is 17.1 Å². The Hall–Kier alpha value is -3.44. The molecule has 5 heteroatoms. The molecule has 0 aromatic heterocycles. The van der Waals surface area contributed by atoms with Crippen LogP contribution >= 0.6 is 0 Å². The molecule has 128 valence electrons. The summed E-state index contributed by atoms with van der Waals surface area (Å²) in [5.41, 5.74) is -0.601. The number of amides is 1. The van der Waals surface area contributed by atoms with E-state index in [1.165, 1.54) is 4.90 Å². The monoisotopic (exact) mass is 344 g/mol. The van der Waals surface area contributed by atoms with Crippen LogP contribution < -0.4 is 10.2 Å². The standard InChI is InChI=1S/C21H16N2O3/c24-19-17-13-7-8-14-18(17)23(16-11-5-2-6-12-16)20(25)21(19,26)22-15-9-3-1-4-10-15/h1-14,22,26H. The molecular formula is C21H16N2O3. The number of para-hydroxylation sites is 3. The van der Waals surface area contributed by atoms with Crippen molar-refractivity contribution in [3.63, 3.8) is 0 Å². The number of anilines is 3. The number of nitrogens with zero attached hydrogens (tertiary/aromatic N) is 1. The molecule has 5 nitrogen and oxygen atoms in total. The van der Waals surface area contributed by atoms with Gasteiger partial charge in [-0.1, -0.05) is 48.5 Å². The molecule has 2 N–H and O–H groups in total. The van der Waals surface area contributed by atoms with Gasteiger partial charge >= 0.3 is 0 Å². The highest BCUT2D eigenvalue weighted by Crippen LogP contribution is 2.38. The van der Waals surface area contributed by atoms with E-state index in [1.54, 1.807) is 72.8 Å². The number of fused-ring (bicyclic) bond motifs is 1. The molecule has 1 aliphatic heterocycles. The van der Waals surface area contributed by atoms with Crippen LogP contribution in [0.5, 0.6) is 0 Å². The minimum absolute atomic E-state index is 0.280. The van der Waals surface area contributed by atoms with Gasteiger partial charge in [-0.05, 0) is 36.4 Å². The van der Waals surface area contributed by atoms with Crippen molar-refractivity contribution in [2.45, 2.75) is 5.72 Å². The van der Waals surface area contributed by atoms with Crippen LogP contribution in [0.15, 0.2) is 84.9 Å². The van der Waals surface area contributed by atoms with E-state index in [4.69, 9.17) is 0 Å². The summed E-state index contributed by atoms with van der Waals surface area (Å²) in [5, 5.41) is 13.8. The lowest BCUT2D eigenvalue weighted by Gasteiger charge is -2.38. The lowest BCUT2D eigenvalue weighted by molar-refractivity contribution is -0.130. The Labute approximate surface area is 150 Å². The van der Waals surface area contributed by atoms with Crippen molar-refractivity contribution in [3.8, 4) is 0 Å². The van der Waals surface area contributed by atoms with Crippen molar-refractivity contribution >= 4 is 28.8 Å². The average molecular weight is 344 g/mol. The van der Waals surface area contributed by atoms with Crippen LogP contribution in [0.25, 0.3) is 0 Å². The second-order valence-electron chi connectivity index (χ2n) is 6.02. The summed E-state index contributed by atoms with van der Waals surface area (Å²) in [6.07, 6.45) is 0. The maximum Gasteiger partial charge on any atom is 0.293 e. The third kappa shape index (κ3) is 2.46. The van der Waals surface area contributed by atoms with Crippen molar-refractivity contribution < 1.29 is 14.7 Å². The molecule has 1 atom stereocenters. The lowest BCUT2D eigenvalue weighted by Crippen LogP contribution is -2.61. The summed E-state index contributed by atoms with van der Waals surface area (Å²) >= 11 is 0. The Balaban J connectivity index is 1.87. The zero-order valence-corrected chi connectivity index (χ0v) is 13.8. The van der Waals surface area contributed by atoms with E-state index in [0.29, 0.717) is 17.1 Å². The number of hydrogen-bond acceptors (Lipinski definition) is 4. The Morgan fingerprint density at radius 1 is 0.769 bits per heavy atom. The van der Waals surface area contributed by atoms with Gasteiger partial charge in [-0.3, -0.25) is 14.5 Å². The molecule has 0 fully saturated rings. The molecule has 0 saturated heterocycles. The van der Waals surface area contributed by atoms with Gasteiger partial charge in [0.2, 0.25) is 5.78 Å².